The molecule has 0 aliphatic carbocycles. The summed E-state index contributed by atoms with van der Waals surface area (Å²) in [4.78, 5) is 13.5. The predicted molar refractivity (Wildman–Crippen MR) is 61.4 cm³/mol. The average molecular weight is 233 g/mol. The van der Waals surface area contributed by atoms with Gasteiger partial charge in [-0.05, 0) is 13.3 Å². The van der Waals surface area contributed by atoms with E-state index in [2.05, 4.69) is 0 Å². The summed E-state index contributed by atoms with van der Waals surface area (Å²) in [5.74, 6) is 0.00926. The first-order chi connectivity index (χ1) is 7.76. The van der Waals surface area contributed by atoms with Crippen LogP contribution in [-0.4, -0.2) is 64.5 Å². The number of hydrogen-bond donors (Lipinski definition) is 0. The number of ether oxygens (including phenoxy) is 3. The average Bonchev–Trinajstić information content (AvgIpc) is 2.30. The molecule has 0 rings (SSSR count). The van der Waals surface area contributed by atoms with Gasteiger partial charge in [0.1, 0.15) is 6.61 Å². The van der Waals surface area contributed by atoms with Gasteiger partial charge in [-0.3, -0.25) is 4.79 Å². The third-order valence-corrected chi connectivity index (χ3v) is 2.12. The fraction of sp³-hybridized carbons (Fsp3) is 0.909. The van der Waals surface area contributed by atoms with E-state index in [4.69, 9.17) is 14.2 Å². The van der Waals surface area contributed by atoms with Gasteiger partial charge in [-0.1, -0.05) is 0 Å². The summed E-state index contributed by atoms with van der Waals surface area (Å²) in [5, 5.41) is 0. The van der Waals surface area contributed by atoms with Gasteiger partial charge in [0.05, 0.1) is 6.61 Å². The summed E-state index contributed by atoms with van der Waals surface area (Å²) >= 11 is 0. The molecule has 0 aromatic rings. The molecule has 1 amide bonds. The maximum absolute atomic E-state index is 11.7. The van der Waals surface area contributed by atoms with Crippen molar-refractivity contribution < 1.29 is 19.0 Å². The molecule has 0 N–H and O–H groups in total. The molecule has 0 spiro atoms. The Balaban J connectivity index is 3.91. The van der Waals surface area contributed by atoms with E-state index in [1.165, 1.54) is 0 Å². The van der Waals surface area contributed by atoms with Gasteiger partial charge in [0.2, 0.25) is 5.91 Å². The molecule has 96 valence electrons. The van der Waals surface area contributed by atoms with Crippen LogP contribution in [0.3, 0.4) is 0 Å². The Morgan fingerprint density at radius 1 is 1.12 bits per heavy atom. The van der Waals surface area contributed by atoms with Gasteiger partial charge in [-0.25, -0.2) is 0 Å². The summed E-state index contributed by atoms with van der Waals surface area (Å²) in [6.07, 6.45) is 0.831. The largest absolute Gasteiger partial charge is 0.385 e. The molecular formula is C11H23NO4. The first kappa shape index (κ1) is 15.3. The molecule has 0 aromatic carbocycles. The van der Waals surface area contributed by atoms with Crippen molar-refractivity contribution in [3.63, 3.8) is 0 Å². The first-order valence-electron chi connectivity index (χ1n) is 5.59. The number of amides is 1. The quantitative estimate of drug-likeness (QED) is 0.517. The zero-order chi connectivity index (χ0) is 12.2. The van der Waals surface area contributed by atoms with Crippen molar-refractivity contribution in [2.24, 2.45) is 0 Å². The number of carbonyl (C=O) groups excluding carboxylic acids is 1. The van der Waals surface area contributed by atoms with Crippen molar-refractivity contribution in [1.82, 2.24) is 4.90 Å². The van der Waals surface area contributed by atoms with E-state index in [9.17, 15) is 4.79 Å². The van der Waals surface area contributed by atoms with Crippen molar-refractivity contribution in [2.45, 2.75) is 13.3 Å². The minimum atomic E-state index is 0.00926. The topological polar surface area (TPSA) is 48.0 Å². The second-order valence-corrected chi connectivity index (χ2v) is 3.36. The lowest BCUT2D eigenvalue weighted by Gasteiger charge is -2.22. The van der Waals surface area contributed by atoms with Gasteiger partial charge in [0, 0.05) is 40.5 Å². The van der Waals surface area contributed by atoms with Crippen LogP contribution in [0.4, 0.5) is 0 Å². The van der Waals surface area contributed by atoms with E-state index in [0.717, 1.165) is 6.42 Å². The van der Waals surface area contributed by atoms with E-state index >= 15 is 0 Å². The Kier molecular flexibility index (Phi) is 10.4. The van der Waals surface area contributed by atoms with E-state index < -0.39 is 0 Å². The molecular weight excluding hydrogens is 210 g/mol. The van der Waals surface area contributed by atoms with E-state index in [1.54, 1.807) is 19.1 Å². The lowest BCUT2D eigenvalue weighted by molar-refractivity contribution is -0.136. The number of hydrogen-bond acceptors (Lipinski definition) is 4. The zero-order valence-corrected chi connectivity index (χ0v) is 10.5. The van der Waals surface area contributed by atoms with Crippen LogP contribution < -0.4 is 0 Å². The molecule has 5 heteroatoms. The maximum atomic E-state index is 11.7. The fourth-order valence-corrected chi connectivity index (χ4v) is 1.24. The molecule has 0 fully saturated rings. The Hall–Kier alpha value is -0.650. The van der Waals surface area contributed by atoms with Crippen LogP contribution in [0.25, 0.3) is 0 Å². The second-order valence-electron chi connectivity index (χ2n) is 3.36. The predicted octanol–water partition coefficient (Wildman–Crippen LogP) is 0.534. The molecule has 0 atom stereocenters. The highest BCUT2D eigenvalue weighted by atomic mass is 16.5. The van der Waals surface area contributed by atoms with E-state index in [-0.39, 0.29) is 12.5 Å². The van der Waals surface area contributed by atoms with Crippen LogP contribution in [0.1, 0.15) is 13.3 Å². The number of rotatable bonds is 10. The van der Waals surface area contributed by atoms with Gasteiger partial charge >= 0.3 is 0 Å². The van der Waals surface area contributed by atoms with Crippen LogP contribution in [0, 0.1) is 0 Å². The lowest BCUT2D eigenvalue weighted by atomic mass is 10.3. The summed E-state index contributed by atoms with van der Waals surface area (Å²) < 4.78 is 15.0. The SMILES string of the molecule is CCOCC(=O)N(CCCOC)CCOC. The highest BCUT2D eigenvalue weighted by Crippen LogP contribution is 1.95. The van der Waals surface area contributed by atoms with Crippen LogP contribution in [0.15, 0.2) is 0 Å². The van der Waals surface area contributed by atoms with Gasteiger partial charge in [0.25, 0.3) is 0 Å². The summed E-state index contributed by atoms with van der Waals surface area (Å²) in [6.45, 7) is 5.07. The molecule has 0 bridgehead atoms. The standard InChI is InChI=1S/C11H23NO4/c1-4-16-10-11(13)12(7-9-15-3)6-5-8-14-2/h4-10H2,1-3H3. The maximum Gasteiger partial charge on any atom is 0.248 e. The Bertz CT molecular complexity index is 175. The fourth-order valence-electron chi connectivity index (χ4n) is 1.24. The Labute approximate surface area is 97.7 Å². The Morgan fingerprint density at radius 2 is 1.81 bits per heavy atom. The second kappa shape index (κ2) is 10.9. The van der Waals surface area contributed by atoms with Crippen molar-refractivity contribution in [3.05, 3.63) is 0 Å². The first-order valence-corrected chi connectivity index (χ1v) is 5.59. The van der Waals surface area contributed by atoms with Gasteiger partial charge in [0.15, 0.2) is 0 Å². The molecule has 0 aliphatic rings. The van der Waals surface area contributed by atoms with E-state index in [0.29, 0.717) is 32.9 Å². The van der Waals surface area contributed by atoms with Crippen molar-refractivity contribution in [3.8, 4) is 0 Å². The van der Waals surface area contributed by atoms with Crippen LogP contribution >= 0.6 is 0 Å². The van der Waals surface area contributed by atoms with Crippen molar-refractivity contribution in [2.75, 3.05) is 53.7 Å². The van der Waals surface area contributed by atoms with Crippen LogP contribution in [0.2, 0.25) is 0 Å². The lowest BCUT2D eigenvalue weighted by Crippen LogP contribution is -2.37. The number of nitrogens with zero attached hydrogens (tertiary/aromatic N) is 1. The number of carbonyl (C=O) groups is 1. The van der Waals surface area contributed by atoms with Gasteiger partial charge < -0.3 is 19.1 Å². The normalized spacial score (nSPS) is 10.4. The molecule has 0 saturated carbocycles. The summed E-state index contributed by atoms with van der Waals surface area (Å²) in [7, 11) is 3.28. The van der Waals surface area contributed by atoms with Gasteiger partial charge in [-0.2, -0.15) is 0 Å². The molecule has 0 saturated heterocycles. The summed E-state index contributed by atoms with van der Waals surface area (Å²) in [5.41, 5.74) is 0. The minimum absolute atomic E-state index is 0.00926. The third-order valence-electron chi connectivity index (χ3n) is 2.12. The van der Waals surface area contributed by atoms with E-state index in [1.807, 2.05) is 6.92 Å². The van der Waals surface area contributed by atoms with Gasteiger partial charge in [-0.15, -0.1) is 0 Å². The highest BCUT2D eigenvalue weighted by Gasteiger charge is 2.12. The molecule has 5 nitrogen and oxygen atoms in total. The molecule has 0 radical (unpaired) electrons. The monoisotopic (exact) mass is 233 g/mol. The molecule has 0 aromatic heterocycles. The van der Waals surface area contributed by atoms with Crippen molar-refractivity contribution >= 4 is 5.91 Å². The highest BCUT2D eigenvalue weighted by molar-refractivity contribution is 5.77. The van der Waals surface area contributed by atoms with Crippen molar-refractivity contribution in [1.29, 1.82) is 0 Å². The minimum Gasteiger partial charge on any atom is -0.385 e. The molecule has 0 unspecified atom stereocenters. The zero-order valence-electron chi connectivity index (χ0n) is 10.5. The third kappa shape index (κ3) is 7.62. The smallest absolute Gasteiger partial charge is 0.248 e. The molecule has 0 heterocycles. The molecule has 0 aliphatic heterocycles. The molecule has 16 heavy (non-hydrogen) atoms. The Morgan fingerprint density at radius 3 is 2.38 bits per heavy atom. The van der Waals surface area contributed by atoms with Crippen LogP contribution in [-0.2, 0) is 19.0 Å². The number of methoxy groups -OCH3 is 2. The summed E-state index contributed by atoms with van der Waals surface area (Å²) in [6, 6.07) is 0. The van der Waals surface area contributed by atoms with Crippen LogP contribution in [0.5, 0.6) is 0 Å².